The molecule has 0 spiro atoms. The van der Waals surface area contributed by atoms with Gasteiger partial charge in [0.1, 0.15) is 5.75 Å². The summed E-state index contributed by atoms with van der Waals surface area (Å²) in [4.78, 5) is 0.373. The number of rotatable bonds is 4. The second-order valence-electron chi connectivity index (χ2n) is 4.44. The van der Waals surface area contributed by atoms with Crippen molar-refractivity contribution in [3.8, 4) is 5.75 Å². The summed E-state index contributed by atoms with van der Waals surface area (Å²) in [6, 6.07) is 12.1. The van der Waals surface area contributed by atoms with Gasteiger partial charge in [-0.3, -0.25) is 0 Å². The van der Waals surface area contributed by atoms with Crippen LogP contribution in [0.1, 0.15) is 18.6 Å². The molecule has 0 heterocycles. The summed E-state index contributed by atoms with van der Waals surface area (Å²) in [6.07, 6.45) is -0.0829. The van der Waals surface area contributed by atoms with E-state index in [4.69, 9.17) is 4.74 Å². The number of benzene rings is 2. The highest BCUT2D eigenvalue weighted by atomic mass is 32.2. The van der Waals surface area contributed by atoms with E-state index in [0.717, 1.165) is 5.56 Å². The minimum Gasteiger partial charge on any atom is -0.508 e. The van der Waals surface area contributed by atoms with Gasteiger partial charge in [0.25, 0.3) is 0 Å². The van der Waals surface area contributed by atoms with Crippen LogP contribution < -0.4 is 0 Å². The Morgan fingerprint density at radius 3 is 1.85 bits per heavy atom. The SMILES string of the molecule is COC(C)c1ccc(S(=O)(=O)c2ccc(O)cc2)cc1. The molecule has 0 radical (unpaired) electrons. The Hall–Kier alpha value is -1.85. The summed E-state index contributed by atoms with van der Waals surface area (Å²) in [5.74, 6) is 0.0354. The van der Waals surface area contributed by atoms with E-state index < -0.39 is 9.84 Å². The first-order valence-electron chi connectivity index (χ1n) is 6.12. The van der Waals surface area contributed by atoms with E-state index in [0.29, 0.717) is 0 Å². The van der Waals surface area contributed by atoms with Crippen molar-refractivity contribution in [1.29, 1.82) is 0 Å². The Morgan fingerprint density at radius 1 is 0.950 bits per heavy atom. The van der Waals surface area contributed by atoms with Gasteiger partial charge in [-0.15, -0.1) is 0 Å². The van der Waals surface area contributed by atoms with E-state index >= 15 is 0 Å². The highest BCUT2D eigenvalue weighted by molar-refractivity contribution is 7.91. The Labute approximate surface area is 118 Å². The van der Waals surface area contributed by atoms with Crippen LogP contribution in [-0.4, -0.2) is 20.6 Å². The molecule has 0 aliphatic heterocycles. The highest BCUT2D eigenvalue weighted by Gasteiger charge is 2.17. The molecule has 0 saturated heterocycles. The van der Waals surface area contributed by atoms with E-state index in [2.05, 4.69) is 0 Å². The van der Waals surface area contributed by atoms with Gasteiger partial charge < -0.3 is 9.84 Å². The second-order valence-corrected chi connectivity index (χ2v) is 6.39. The number of ether oxygens (including phenoxy) is 1. The van der Waals surface area contributed by atoms with Crippen LogP contribution in [0.5, 0.6) is 5.75 Å². The molecular weight excluding hydrogens is 276 g/mol. The van der Waals surface area contributed by atoms with Crippen LogP contribution in [0, 0.1) is 0 Å². The number of phenols is 1. The fraction of sp³-hybridized carbons (Fsp3) is 0.200. The Balaban J connectivity index is 2.37. The molecular formula is C15H16O4S. The number of hydrogen-bond donors (Lipinski definition) is 1. The number of sulfone groups is 1. The van der Waals surface area contributed by atoms with Crippen molar-refractivity contribution in [2.45, 2.75) is 22.8 Å². The third-order valence-corrected chi connectivity index (χ3v) is 4.95. The molecule has 4 nitrogen and oxygen atoms in total. The molecule has 1 N–H and O–H groups in total. The number of aromatic hydroxyl groups is 1. The Bertz CT molecular complexity index is 673. The van der Waals surface area contributed by atoms with Crippen LogP contribution in [0.2, 0.25) is 0 Å². The summed E-state index contributed by atoms with van der Waals surface area (Å²) in [5.41, 5.74) is 0.914. The van der Waals surface area contributed by atoms with Gasteiger partial charge >= 0.3 is 0 Å². The van der Waals surface area contributed by atoms with Crippen LogP contribution in [0.15, 0.2) is 58.3 Å². The lowest BCUT2D eigenvalue weighted by Crippen LogP contribution is -2.03. The standard InChI is InChI=1S/C15H16O4S/c1-11(19-2)12-3-7-14(8-4-12)20(17,18)15-9-5-13(16)6-10-15/h3-11,16H,1-2H3. The second kappa shape index (κ2) is 5.64. The molecule has 1 atom stereocenters. The third kappa shape index (κ3) is 2.84. The lowest BCUT2D eigenvalue weighted by Gasteiger charge is -2.10. The zero-order valence-electron chi connectivity index (χ0n) is 11.3. The highest BCUT2D eigenvalue weighted by Crippen LogP contribution is 2.24. The number of methoxy groups -OCH3 is 1. The summed E-state index contributed by atoms with van der Waals surface area (Å²) in [7, 11) is -1.95. The normalized spacial score (nSPS) is 13.1. The van der Waals surface area contributed by atoms with Gasteiger partial charge in [0.2, 0.25) is 9.84 Å². The van der Waals surface area contributed by atoms with Crippen molar-refractivity contribution >= 4 is 9.84 Å². The summed E-state index contributed by atoms with van der Waals surface area (Å²) in [5, 5.41) is 9.21. The molecule has 2 aromatic carbocycles. The molecule has 20 heavy (non-hydrogen) atoms. The average molecular weight is 292 g/mol. The van der Waals surface area contributed by atoms with Crippen molar-refractivity contribution in [3.63, 3.8) is 0 Å². The van der Waals surface area contributed by atoms with Crippen molar-refractivity contribution in [2.75, 3.05) is 7.11 Å². The maximum Gasteiger partial charge on any atom is 0.206 e. The third-order valence-electron chi connectivity index (χ3n) is 3.16. The van der Waals surface area contributed by atoms with Gasteiger partial charge in [-0.1, -0.05) is 12.1 Å². The van der Waals surface area contributed by atoms with E-state index in [-0.39, 0.29) is 21.6 Å². The van der Waals surface area contributed by atoms with Crippen LogP contribution in [0.4, 0.5) is 0 Å². The maximum atomic E-state index is 12.4. The summed E-state index contributed by atoms with van der Waals surface area (Å²) in [6.45, 7) is 1.89. The number of phenolic OH excluding ortho intramolecular Hbond substituents is 1. The van der Waals surface area contributed by atoms with Crippen molar-refractivity contribution in [3.05, 3.63) is 54.1 Å². The van der Waals surface area contributed by atoms with E-state index in [1.165, 1.54) is 24.3 Å². The van der Waals surface area contributed by atoms with Gasteiger partial charge in [0.15, 0.2) is 0 Å². The minimum atomic E-state index is -3.56. The lowest BCUT2D eigenvalue weighted by molar-refractivity contribution is 0.119. The van der Waals surface area contributed by atoms with Crippen LogP contribution >= 0.6 is 0 Å². The fourth-order valence-electron chi connectivity index (χ4n) is 1.82. The first-order valence-corrected chi connectivity index (χ1v) is 7.60. The smallest absolute Gasteiger partial charge is 0.206 e. The quantitative estimate of drug-likeness (QED) is 0.941. The Morgan fingerprint density at radius 2 is 1.40 bits per heavy atom. The molecule has 2 aromatic rings. The maximum absolute atomic E-state index is 12.4. The van der Waals surface area contributed by atoms with Crippen molar-refractivity contribution < 1.29 is 18.3 Å². The molecule has 0 bridgehead atoms. The van der Waals surface area contributed by atoms with E-state index in [9.17, 15) is 13.5 Å². The van der Waals surface area contributed by atoms with Gasteiger partial charge in [-0.25, -0.2) is 8.42 Å². The lowest BCUT2D eigenvalue weighted by atomic mass is 10.1. The molecule has 0 aliphatic rings. The van der Waals surface area contributed by atoms with Crippen LogP contribution in [0.25, 0.3) is 0 Å². The molecule has 2 rings (SSSR count). The van der Waals surface area contributed by atoms with Gasteiger partial charge in [0, 0.05) is 7.11 Å². The topological polar surface area (TPSA) is 63.6 Å². The zero-order chi connectivity index (χ0) is 14.8. The molecule has 0 saturated carbocycles. The summed E-state index contributed by atoms with van der Waals surface area (Å²) < 4.78 is 29.9. The average Bonchev–Trinajstić information content (AvgIpc) is 2.47. The molecule has 0 aromatic heterocycles. The fourth-order valence-corrected chi connectivity index (χ4v) is 3.08. The van der Waals surface area contributed by atoms with Gasteiger partial charge in [-0.05, 0) is 48.9 Å². The van der Waals surface area contributed by atoms with E-state index in [1.807, 2.05) is 6.92 Å². The minimum absolute atomic E-state index is 0.0354. The van der Waals surface area contributed by atoms with Gasteiger partial charge in [-0.2, -0.15) is 0 Å². The predicted octanol–water partition coefficient (Wildman–Crippen LogP) is 2.93. The molecule has 0 aliphatic carbocycles. The monoisotopic (exact) mass is 292 g/mol. The molecule has 1 unspecified atom stereocenters. The predicted molar refractivity (Wildman–Crippen MR) is 75.4 cm³/mol. The Kier molecular flexibility index (Phi) is 4.11. The number of hydrogen-bond acceptors (Lipinski definition) is 4. The van der Waals surface area contributed by atoms with Crippen LogP contribution in [-0.2, 0) is 14.6 Å². The molecule has 0 amide bonds. The van der Waals surface area contributed by atoms with Crippen molar-refractivity contribution in [1.82, 2.24) is 0 Å². The molecule has 5 heteroatoms. The zero-order valence-corrected chi connectivity index (χ0v) is 12.1. The van der Waals surface area contributed by atoms with E-state index in [1.54, 1.807) is 31.4 Å². The summed E-state index contributed by atoms with van der Waals surface area (Å²) >= 11 is 0. The first-order chi connectivity index (χ1) is 9.45. The van der Waals surface area contributed by atoms with Crippen LogP contribution in [0.3, 0.4) is 0 Å². The van der Waals surface area contributed by atoms with Gasteiger partial charge in [0.05, 0.1) is 15.9 Å². The first kappa shape index (κ1) is 14.6. The molecule has 0 fully saturated rings. The van der Waals surface area contributed by atoms with Crippen molar-refractivity contribution in [2.24, 2.45) is 0 Å². The largest absolute Gasteiger partial charge is 0.508 e. The molecule has 106 valence electrons.